The van der Waals surface area contributed by atoms with Crippen LogP contribution in [0.15, 0.2) is 77.8 Å². The van der Waals surface area contributed by atoms with Gasteiger partial charge in [0.25, 0.3) is 0 Å². The predicted octanol–water partition coefficient (Wildman–Crippen LogP) is 7.84. The minimum absolute atomic E-state index is 0.759. The fourth-order valence-electron chi connectivity index (χ4n) is 4.97. The second kappa shape index (κ2) is 9.89. The number of rotatable bonds is 8. The highest BCUT2D eigenvalue weighted by molar-refractivity contribution is 5.99. The molecule has 0 heterocycles. The average Bonchev–Trinajstić information content (AvgIpc) is 3.66. The summed E-state index contributed by atoms with van der Waals surface area (Å²) in [5.74, 6) is 3.96. The zero-order chi connectivity index (χ0) is 23.5. The van der Waals surface area contributed by atoms with Crippen molar-refractivity contribution in [3.05, 3.63) is 95.1 Å². The molecule has 0 spiro atoms. The number of aliphatic imine (C=N–C) groups is 1. The second-order valence-electron chi connectivity index (χ2n) is 9.37. The van der Waals surface area contributed by atoms with Gasteiger partial charge in [-0.15, -0.1) is 0 Å². The number of aryl methyl sites for hydroxylation is 1. The van der Waals surface area contributed by atoms with Gasteiger partial charge in [0.2, 0.25) is 0 Å². The summed E-state index contributed by atoms with van der Waals surface area (Å²) in [4.78, 5) is 4.94. The van der Waals surface area contributed by atoms with Gasteiger partial charge in [-0.3, -0.25) is 4.99 Å². The molecular weight excluding hydrogens is 418 g/mol. The second-order valence-corrected chi connectivity index (χ2v) is 9.37. The van der Waals surface area contributed by atoms with Crippen LogP contribution in [0.1, 0.15) is 61.3 Å². The molecule has 5 rings (SSSR count). The highest BCUT2D eigenvalue weighted by Gasteiger charge is 2.40. The van der Waals surface area contributed by atoms with Crippen molar-refractivity contribution in [1.82, 2.24) is 0 Å². The van der Waals surface area contributed by atoms with Gasteiger partial charge in [-0.05, 0) is 96.5 Å². The van der Waals surface area contributed by atoms with Gasteiger partial charge in [0.1, 0.15) is 17.2 Å². The number of methoxy groups -OCH3 is 1. The van der Waals surface area contributed by atoms with E-state index in [0.29, 0.717) is 0 Å². The van der Waals surface area contributed by atoms with E-state index in [1.54, 1.807) is 12.7 Å². The molecule has 0 amide bonds. The van der Waals surface area contributed by atoms with Gasteiger partial charge in [0, 0.05) is 18.3 Å². The quantitative estimate of drug-likeness (QED) is 0.327. The lowest BCUT2D eigenvalue weighted by atomic mass is 9.93. The summed E-state index contributed by atoms with van der Waals surface area (Å²) in [6.45, 7) is 5.12. The largest absolute Gasteiger partial charge is 0.497 e. The van der Waals surface area contributed by atoms with E-state index in [2.05, 4.69) is 50.3 Å². The smallest absolute Gasteiger partial charge is 0.131 e. The third-order valence-electron chi connectivity index (χ3n) is 7.12. The van der Waals surface area contributed by atoms with E-state index in [1.807, 2.05) is 36.4 Å². The van der Waals surface area contributed by atoms with Crippen LogP contribution in [-0.2, 0) is 6.42 Å². The van der Waals surface area contributed by atoms with Crippen LogP contribution >= 0.6 is 0 Å². The van der Waals surface area contributed by atoms with E-state index >= 15 is 0 Å². The molecular formula is C31H33NO2. The van der Waals surface area contributed by atoms with E-state index in [1.165, 1.54) is 29.5 Å². The minimum Gasteiger partial charge on any atom is -0.497 e. The molecule has 174 valence electrons. The van der Waals surface area contributed by atoms with Gasteiger partial charge in [-0.25, -0.2) is 0 Å². The summed E-state index contributed by atoms with van der Waals surface area (Å²) in [5, 5.41) is 0. The van der Waals surface area contributed by atoms with Crippen molar-refractivity contribution in [2.75, 3.05) is 13.7 Å². The summed E-state index contributed by atoms with van der Waals surface area (Å²) in [5.41, 5.74) is 8.07. The summed E-state index contributed by atoms with van der Waals surface area (Å²) >= 11 is 0. The lowest BCUT2D eigenvalue weighted by Crippen LogP contribution is -1.99. The number of nitrogens with zero attached hydrogens (tertiary/aromatic N) is 1. The SMILES string of the molecule is CCc1ccc2c(c1)C(CCN=C(C)c1cccc(Oc3cccc(OC)c3)c1)=CCC1CC21. The average molecular weight is 452 g/mol. The zero-order valence-electron chi connectivity index (χ0n) is 20.4. The topological polar surface area (TPSA) is 30.8 Å². The van der Waals surface area contributed by atoms with Crippen molar-refractivity contribution in [3.63, 3.8) is 0 Å². The van der Waals surface area contributed by atoms with Crippen molar-refractivity contribution in [2.45, 2.75) is 45.4 Å². The Hall–Kier alpha value is -3.33. The molecule has 0 aromatic heterocycles. The molecule has 0 saturated heterocycles. The number of hydrogen-bond donors (Lipinski definition) is 0. The molecule has 3 heteroatoms. The van der Waals surface area contributed by atoms with Crippen LogP contribution in [0.5, 0.6) is 17.2 Å². The molecule has 34 heavy (non-hydrogen) atoms. The Morgan fingerprint density at radius 1 is 0.971 bits per heavy atom. The van der Waals surface area contributed by atoms with Crippen molar-refractivity contribution >= 4 is 11.3 Å². The Morgan fingerprint density at radius 2 is 1.76 bits per heavy atom. The minimum atomic E-state index is 0.759. The maximum absolute atomic E-state index is 6.06. The van der Waals surface area contributed by atoms with Crippen molar-refractivity contribution in [2.24, 2.45) is 10.9 Å². The first-order valence-corrected chi connectivity index (χ1v) is 12.4. The van der Waals surface area contributed by atoms with E-state index < -0.39 is 0 Å². The Morgan fingerprint density at radius 3 is 2.59 bits per heavy atom. The van der Waals surface area contributed by atoms with Gasteiger partial charge >= 0.3 is 0 Å². The molecule has 2 aliphatic rings. The fourth-order valence-corrected chi connectivity index (χ4v) is 4.97. The molecule has 0 radical (unpaired) electrons. The molecule has 3 nitrogen and oxygen atoms in total. The Bertz CT molecular complexity index is 1240. The number of fused-ring (bicyclic) bond motifs is 3. The lowest BCUT2D eigenvalue weighted by Gasteiger charge is -2.13. The van der Waals surface area contributed by atoms with Crippen LogP contribution in [0.3, 0.4) is 0 Å². The van der Waals surface area contributed by atoms with E-state index in [4.69, 9.17) is 14.5 Å². The van der Waals surface area contributed by atoms with Gasteiger partial charge in [0.05, 0.1) is 7.11 Å². The van der Waals surface area contributed by atoms with E-state index in [0.717, 1.165) is 59.7 Å². The zero-order valence-corrected chi connectivity index (χ0v) is 20.4. The van der Waals surface area contributed by atoms with Gasteiger partial charge in [0.15, 0.2) is 0 Å². The van der Waals surface area contributed by atoms with Crippen LogP contribution in [-0.4, -0.2) is 19.4 Å². The highest BCUT2D eigenvalue weighted by Crippen LogP contribution is 2.54. The first kappa shape index (κ1) is 22.5. The highest BCUT2D eigenvalue weighted by atomic mass is 16.5. The summed E-state index contributed by atoms with van der Waals surface area (Å²) in [6.07, 6.45) is 7.12. The summed E-state index contributed by atoms with van der Waals surface area (Å²) in [6, 6.07) is 22.9. The molecule has 2 aliphatic carbocycles. The molecule has 0 N–H and O–H groups in total. The van der Waals surface area contributed by atoms with Crippen molar-refractivity contribution in [1.29, 1.82) is 0 Å². The summed E-state index contributed by atoms with van der Waals surface area (Å²) < 4.78 is 11.4. The molecule has 0 aliphatic heterocycles. The molecule has 2 atom stereocenters. The van der Waals surface area contributed by atoms with Crippen molar-refractivity contribution in [3.8, 4) is 17.2 Å². The maximum atomic E-state index is 6.06. The lowest BCUT2D eigenvalue weighted by molar-refractivity contribution is 0.409. The monoisotopic (exact) mass is 451 g/mol. The Labute approximate surface area is 203 Å². The van der Waals surface area contributed by atoms with Gasteiger partial charge in [-0.2, -0.15) is 0 Å². The molecule has 1 saturated carbocycles. The number of hydrogen-bond acceptors (Lipinski definition) is 3. The molecule has 3 aromatic carbocycles. The van der Waals surface area contributed by atoms with Gasteiger partial charge < -0.3 is 9.47 Å². The normalized spacial score (nSPS) is 18.9. The van der Waals surface area contributed by atoms with Crippen LogP contribution < -0.4 is 9.47 Å². The third-order valence-corrected chi connectivity index (χ3v) is 7.12. The Kier molecular flexibility index (Phi) is 6.53. The molecule has 1 fully saturated rings. The van der Waals surface area contributed by atoms with E-state index in [9.17, 15) is 0 Å². The third kappa shape index (κ3) is 4.94. The predicted molar refractivity (Wildman–Crippen MR) is 140 cm³/mol. The molecule has 3 aromatic rings. The Balaban J connectivity index is 1.28. The number of allylic oxidation sites excluding steroid dienone is 1. The first-order chi connectivity index (χ1) is 16.6. The van der Waals surface area contributed by atoms with Crippen molar-refractivity contribution < 1.29 is 9.47 Å². The van der Waals surface area contributed by atoms with Crippen LogP contribution in [0, 0.1) is 5.92 Å². The standard InChI is InChI=1S/C31H33NO2/c1-4-22-11-14-29-30(17-22)23(12-13-25-19-31(25)29)15-16-32-21(2)24-7-5-9-27(18-24)34-28-10-6-8-26(20-28)33-3/h5-12,14,17-18,20,25,31H,4,13,15-16,19H2,1-3H3. The maximum Gasteiger partial charge on any atom is 0.131 e. The number of ether oxygens (including phenoxy) is 2. The van der Waals surface area contributed by atoms with E-state index in [-0.39, 0.29) is 0 Å². The van der Waals surface area contributed by atoms with Crippen LogP contribution in [0.25, 0.3) is 5.57 Å². The first-order valence-electron chi connectivity index (χ1n) is 12.4. The summed E-state index contributed by atoms with van der Waals surface area (Å²) in [7, 11) is 1.66. The molecule has 0 bridgehead atoms. The fraction of sp³-hybridized carbons (Fsp3) is 0.323. The number of benzene rings is 3. The van der Waals surface area contributed by atoms with Crippen LogP contribution in [0.2, 0.25) is 0 Å². The molecule has 2 unspecified atom stereocenters. The van der Waals surface area contributed by atoms with Gasteiger partial charge in [-0.1, -0.05) is 49.4 Å². The van der Waals surface area contributed by atoms with Crippen LogP contribution in [0.4, 0.5) is 0 Å².